The van der Waals surface area contributed by atoms with E-state index < -0.39 is 0 Å². The SMILES string of the molecule is CCC1C(/C=C/c2ccc(-c3cccc(F)c3)cn2)C2CCCCC2CC12CO2. The van der Waals surface area contributed by atoms with E-state index >= 15 is 0 Å². The number of benzene rings is 1. The number of allylic oxidation sites excluding steroid dienone is 1. The van der Waals surface area contributed by atoms with Gasteiger partial charge in [0.1, 0.15) is 5.82 Å². The predicted octanol–water partition coefficient (Wildman–Crippen LogP) is 6.52. The Labute approximate surface area is 173 Å². The van der Waals surface area contributed by atoms with Crippen LogP contribution in [0.4, 0.5) is 4.39 Å². The Kier molecular flexibility index (Phi) is 5.03. The molecule has 0 amide bonds. The van der Waals surface area contributed by atoms with Gasteiger partial charge in [-0.2, -0.15) is 0 Å². The molecule has 5 rings (SSSR count). The molecule has 0 N–H and O–H groups in total. The minimum absolute atomic E-state index is 0.164. The number of fused-ring (bicyclic) bond motifs is 1. The van der Waals surface area contributed by atoms with Crippen LogP contribution >= 0.6 is 0 Å². The lowest BCUT2D eigenvalue weighted by molar-refractivity contribution is 0.0105. The molecule has 0 bridgehead atoms. The van der Waals surface area contributed by atoms with E-state index in [1.165, 1.54) is 44.6 Å². The topological polar surface area (TPSA) is 25.4 Å². The van der Waals surface area contributed by atoms with Gasteiger partial charge >= 0.3 is 0 Å². The van der Waals surface area contributed by atoms with E-state index in [0.29, 0.717) is 11.8 Å². The molecule has 2 aliphatic carbocycles. The van der Waals surface area contributed by atoms with E-state index in [0.717, 1.165) is 35.3 Å². The molecule has 152 valence electrons. The molecule has 2 nitrogen and oxygen atoms in total. The summed E-state index contributed by atoms with van der Waals surface area (Å²) in [5.74, 6) is 2.63. The first-order valence-corrected chi connectivity index (χ1v) is 11.2. The molecule has 5 unspecified atom stereocenters. The number of pyridine rings is 1. The van der Waals surface area contributed by atoms with E-state index in [4.69, 9.17) is 4.74 Å². The zero-order valence-corrected chi connectivity index (χ0v) is 17.2. The van der Waals surface area contributed by atoms with Crippen LogP contribution in [-0.2, 0) is 4.74 Å². The molecule has 2 saturated carbocycles. The van der Waals surface area contributed by atoms with Crippen LogP contribution in [0.3, 0.4) is 0 Å². The highest BCUT2D eigenvalue weighted by molar-refractivity contribution is 5.63. The van der Waals surface area contributed by atoms with E-state index in [9.17, 15) is 4.39 Å². The fourth-order valence-corrected chi connectivity index (χ4v) is 6.14. The van der Waals surface area contributed by atoms with Crippen LogP contribution in [0.1, 0.15) is 51.1 Å². The predicted molar refractivity (Wildman–Crippen MR) is 115 cm³/mol. The molecule has 0 radical (unpaired) electrons. The molecule has 1 saturated heterocycles. The highest BCUT2D eigenvalue weighted by Gasteiger charge is 2.59. The first-order chi connectivity index (χ1) is 14.2. The number of halogens is 1. The van der Waals surface area contributed by atoms with Crippen molar-refractivity contribution in [3.63, 3.8) is 0 Å². The number of aromatic nitrogens is 1. The lowest BCUT2D eigenvalue weighted by Crippen LogP contribution is -2.45. The third-order valence-corrected chi connectivity index (χ3v) is 7.60. The van der Waals surface area contributed by atoms with Crippen LogP contribution in [0, 0.1) is 29.5 Å². The van der Waals surface area contributed by atoms with Crippen LogP contribution in [0.15, 0.2) is 48.7 Å². The van der Waals surface area contributed by atoms with Crippen molar-refractivity contribution in [2.24, 2.45) is 23.7 Å². The maximum absolute atomic E-state index is 13.5. The molecular formula is C26H30FNO. The van der Waals surface area contributed by atoms with E-state index in [-0.39, 0.29) is 11.4 Å². The zero-order chi connectivity index (χ0) is 19.8. The summed E-state index contributed by atoms with van der Waals surface area (Å²) in [4.78, 5) is 4.64. The summed E-state index contributed by atoms with van der Waals surface area (Å²) in [5, 5.41) is 0. The summed E-state index contributed by atoms with van der Waals surface area (Å²) in [6, 6.07) is 10.8. The van der Waals surface area contributed by atoms with Crippen molar-refractivity contribution in [3.8, 4) is 11.1 Å². The van der Waals surface area contributed by atoms with Gasteiger partial charge < -0.3 is 4.74 Å². The Morgan fingerprint density at radius 1 is 1.17 bits per heavy atom. The van der Waals surface area contributed by atoms with Crippen molar-refractivity contribution in [1.29, 1.82) is 0 Å². The molecule has 1 aromatic carbocycles. The molecule has 1 aromatic heterocycles. The summed E-state index contributed by atoms with van der Waals surface area (Å²) < 4.78 is 19.6. The summed E-state index contributed by atoms with van der Waals surface area (Å²) >= 11 is 0. The Morgan fingerprint density at radius 3 is 2.76 bits per heavy atom. The van der Waals surface area contributed by atoms with Gasteiger partial charge in [-0.3, -0.25) is 4.98 Å². The van der Waals surface area contributed by atoms with Gasteiger partial charge in [-0.15, -0.1) is 0 Å². The number of epoxide rings is 1. The van der Waals surface area contributed by atoms with Crippen molar-refractivity contribution >= 4 is 6.08 Å². The lowest BCUT2D eigenvalue weighted by atomic mass is 9.57. The molecule has 29 heavy (non-hydrogen) atoms. The van der Waals surface area contributed by atoms with Gasteiger partial charge in [-0.1, -0.05) is 50.5 Å². The van der Waals surface area contributed by atoms with Gasteiger partial charge in [0, 0.05) is 11.8 Å². The first-order valence-electron chi connectivity index (χ1n) is 11.2. The molecule has 2 heterocycles. The molecular weight excluding hydrogens is 361 g/mol. The minimum atomic E-state index is -0.215. The smallest absolute Gasteiger partial charge is 0.123 e. The van der Waals surface area contributed by atoms with Gasteiger partial charge in [0.05, 0.1) is 17.9 Å². The van der Waals surface area contributed by atoms with Crippen LogP contribution in [0.25, 0.3) is 17.2 Å². The third-order valence-electron chi connectivity index (χ3n) is 7.60. The molecule has 1 spiro atoms. The Balaban J connectivity index is 1.37. The second-order valence-corrected chi connectivity index (χ2v) is 9.20. The minimum Gasteiger partial charge on any atom is -0.369 e. The Bertz CT molecular complexity index is 886. The number of ether oxygens (including phenoxy) is 1. The van der Waals surface area contributed by atoms with Gasteiger partial charge in [-0.05, 0) is 72.8 Å². The Hall–Kier alpha value is -2.00. The third kappa shape index (κ3) is 3.66. The standard InChI is InChI=1S/C26H30FNO/c1-2-25-24(23-9-4-3-6-19(23)15-26(25)17-29-26)13-12-22-11-10-20(16-28-22)18-7-5-8-21(27)14-18/h5,7-8,10-14,16,19,23-25H,2-4,6,9,15,17H2,1H3/b13-12+. The summed E-state index contributed by atoms with van der Waals surface area (Å²) in [7, 11) is 0. The zero-order valence-electron chi connectivity index (χ0n) is 17.2. The lowest BCUT2D eigenvalue weighted by Gasteiger charge is -2.47. The monoisotopic (exact) mass is 391 g/mol. The second-order valence-electron chi connectivity index (χ2n) is 9.20. The van der Waals surface area contributed by atoms with Crippen LogP contribution in [-0.4, -0.2) is 17.2 Å². The van der Waals surface area contributed by atoms with E-state index in [1.54, 1.807) is 12.1 Å². The quantitative estimate of drug-likeness (QED) is 0.554. The Morgan fingerprint density at radius 2 is 2.03 bits per heavy atom. The van der Waals surface area contributed by atoms with Crippen LogP contribution in [0.5, 0.6) is 0 Å². The first kappa shape index (κ1) is 19.0. The number of hydrogen-bond donors (Lipinski definition) is 0. The van der Waals surface area contributed by atoms with Crippen molar-refractivity contribution in [1.82, 2.24) is 4.98 Å². The molecule has 2 aromatic rings. The fraction of sp³-hybridized carbons (Fsp3) is 0.500. The van der Waals surface area contributed by atoms with Crippen molar-refractivity contribution in [3.05, 3.63) is 60.2 Å². The molecule has 3 fully saturated rings. The van der Waals surface area contributed by atoms with E-state index in [1.807, 2.05) is 24.4 Å². The van der Waals surface area contributed by atoms with E-state index in [2.05, 4.69) is 24.1 Å². The van der Waals surface area contributed by atoms with Gasteiger partial charge in [0.2, 0.25) is 0 Å². The normalized spacial score (nSPS) is 33.7. The maximum Gasteiger partial charge on any atom is 0.123 e. The average molecular weight is 392 g/mol. The van der Waals surface area contributed by atoms with Crippen LogP contribution < -0.4 is 0 Å². The average Bonchev–Trinajstić information content (AvgIpc) is 3.51. The largest absolute Gasteiger partial charge is 0.369 e. The molecule has 3 heteroatoms. The summed E-state index contributed by atoms with van der Waals surface area (Å²) in [6.45, 7) is 3.28. The highest BCUT2D eigenvalue weighted by Crippen LogP contribution is 2.58. The molecule has 5 atom stereocenters. The van der Waals surface area contributed by atoms with Gasteiger partial charge in [0.25, 0.3) is 0 Å². The van der Waals surface area contributed by atoms with Gasteiger partial charge in [0.15, 0.2) is 0 Å². The number of rotatable bonds is 4. The maximum atomic E-state index is 13.5. The second kappa shape index (κ2) is 7.68. The fourth-order valence-electron chi connectivity index (χ4n) is 6.14. The van der Waals surface area contributed by atoms with Crippen molar-refractivity contribution in [2.75, 3.05) is 6.61 Å². The van der Waals surface area contributed by atoms with Crippen molar-refractivity contribution < 1.29 is 9.13 Å². The van der Waals surface area contributed by atoms with Crippen molar-refractivity contribution in [2.45, 2.75) is 51.0 Å². The summed E-state index contributed by atoms with van der Waals surface area (Å²) in [6.07, 6.45) is 14.4. The van der Waals surface area contributed by atoms with Crippen LogP contribution in [0.2, 0.25) is 0 Å². The molecule has 1 aliphatic heterocycles. The number of nitrogens with zero attached hydrogens (tertiary/aromatic N) is 1. The highest BCUT2D eigenvalue weighted by atomic mass is 19.1. The molecule has 3 aliphatic rings. The number of hydrogen-bond acceptors (Lipinski definition) is 2. The summed E-state index contributed by atoms with van der Waals surface area (Å²) in [5.41, 5.74) is 2.95. The van der Waals surface area contributed by atoms with Gasteiger partial charge in [-0.25, -0.2) is 4.39 Å².